The summed E-state index contributed by atoms with van der Waals surface area (Å²) < 4.78 is 43.2. The lowest BCUT2D eigenvalue weighted by atomic mass is 10.2. The molecule has 2 aromatic carbocycles. The summed E-state index contributed by atoms with van der Waals surface area (Å²) in [6.07, 6.45) is 3.42. The Bertz CT molecular complexity index is 1050. The summed E-state index contributed by atoms with van der Waals surface area (Å²) in [4.78, 5) is 24.4. The zero-order valence-corrected chi connectivity index (χ0v) is 17.4. The minimum absolute atomic E-state index is 0. The Morgan fingerprint density at radius 1 is 1.00 bits per heavy atom. The number of ether oxygens (including phenoxy) is 1. The number of pyridine rings is 1. The molecule has 0 unspecified atom stereocenters. The van der Waals surface area contributed by atoms with E-state index in [1.54, 1.807) is 29.1 Å². The number of hydrogen-bond donors (Lipinski definition) is 2. The number of carbonyl (C=O) groups excluding carboxylic acids is 2. The molecule has 1 heterocycles. The summed E-state index contributed by atoms with van der Waals surface area (Å²) in [6.45, 7) is -2.69. The standard InChI is InChI=1S/C22H18F3N3O3.ClH/c23-17-5-7-18(8-6-17)27-20(29)14-28-11-1-2-15(13-28)12-26-21(30)16-3-9-19(10-4-16)31-22(24)25;/h1-11,13,22H,12,14H2,(H-,26,27,29,30);1H. The van der Waals surface area contributed by atoms with Crippen LogP contribution in [0.15, 0.2) is 73.1 Å². The summed E-state index contributed by atoms with van der Waals surface area (Å²) in [5, 5.41) is 5.40. The van der Waals surface area contributed by atoms with Crippen LogP contribution in [0.25, 0.3) is 0 Å². The van der Waals surface area contributed by atoms with Crippen LogP contribution in [-0.2, 0) is 17.9 Å². The first-order chi connectivity index (χ1) is 14.9. The maximum Gasteiger partial charge on any atom is 0.387 e. The van der Waals surface area contributed by atoms with Crippen molar-refractivity contribution in [3.05, 3.63) is 90.0 Å². The molecule has 0 fully saturated rings. The summed E-state index contributed by atoms with van der Waals surface area (Å²) in [6, 6.07) is 14.3. The second-order valence-electron chi connectivity index (χ2n) is 6.53. The Kier molecular flexibility index (Phi) is 9.03. The number of rotatable bonds is 8. The third-order valence-corrected chi connectivity index (χ3v) is 4.17. The highest BCUT2D eigenvalue weighted by molar-refractivity contribution is 5.94. The molecule has 0 saturated heterocycles. The highest BCUT2D eigenvalue weighted by Crippen LogP contribution is 2.15. The fourth-order valence-electron chi connectivity index (χ4n) is 2.75. The Labute approximate surface area is 188 Å². The van der Waals surface area contributed by atoms with Gasteiger partial charge in [-0.25, -0.2) is 4.39 Å². The fourth-order valence-corrected chi connectivity index (χ4v) is 2.75. The van der Waals surface area contributed by atoms with Gasteiger partial charge in [0.25, 0.3) is 11.8 Å². The molecule has 0 aliphatic carbocycles. The van der Waals surface area contributed by atoms with E-state index in [1.807, 2.05) is 0 Å². The van der Waals surface area contributed by atoms with E-state index in [0.717, 1.165) is 5.56 Å². The highest BCUT2D eigenvalue weighted by Gasteiger charge is 2.12. The number of nitrogens with zero attached hydrogens (tertiary/aromatic N) is 1. The van der Waals surface area contributed by atoms with E-state index in [1.165, 1.54) is 48.5 Å². The zero-order valence-electron chi connectivity index (χ0n) is 16.6. The van der Waals surface area contributed by atoms with Crippen molar-refractivity contribution in [1.82, 2.24) is 5.32 Å². The van der Waals surface area contributed by atoms with Crippen molar-refractivity contribution in [1.29, 1.82) is 0 Å². The molecular weight excluding hydrogens is 447 g/mol. The summed E-state index contributed by atoms with van der Waals surface area (Å²) in [5.74, 6) is -1.09. The summed E-state index contributed by atoms with van der Waals surface area (Å²) >= 11 is 0. The molecule has 0 atom stereocenters. The van der Waals surface area contributed by atoms with E-state index in [-0.39, 0.29) is 48.9 Å². The van der Waals surface area contributed by atoms with Gasteiger partial charge in [-0.2, -0.15) is 13.3 Å². The second kappa shape index (κ2) is 11.7. The first-order valence-electron chi connectivity index (χ1n) is 9.25. The van der Waals surface area contributed by atoms with Crippen molar-refractivity contribution in [3.63, 3.8) is 0 Å². The van der Waals surface area contributed by atoms with Crippen LogP contribution in [0.3, 0.4) is 0 Å². The Balaban J connectivity index is 0.00000363. The lowest BCUT2D eigenvalue weighted by Gasteiger charge is -2.07. The number of anilines is 1. The normalized spacial score (nSPS) is 10.2. The molecule has 32 heavy (non-hydrogen) atoms. The Morgan fingerprint density at radius 2 is 1.69 bits per heavy atom. The molecule has 6 nitrogen and oxygen atoms in total. The third-order valence-electron chi connectivity index (χ3n) is 4.17. The molecule has 0 saturated carbocycles. The SMILES string of the molecule is O=C(C[n+]1cccc(CNC(=O)c2ccc(OC(F)F)cc2)c1)Nc1ccc(F)cc1.[Cl-]. The van der Waals surface area contributed by atoms with E-state index < -0.39 is 6.61 Å². The lowest BCUT2D eigenvalue weighted by molar-refractivity contribution is -0.684. The Hall–Kier alpha value is -3.59. The minimum atomic E-state index is -2.93. The van der Waals surface area contributed by atoms with Gasteiger partial charge in [0, 0.05) is 29.4 Å². The van der Waals surface area contributed by atoms with Crippen molar-refractivity contribution in [2.75, 3.05) is 5.32 Å². The van der Waals surface area contributed by atoms with Gasteiger partial charge in [-0.3, -0.25) is 9.59 Å². The predicted octanol–water partition coefficient (Wildman–Crippen LogP) is 0.287. The van der Waals surface area contributed by atoms with Crippen LogP contribution in [0.4, 0.5) is 18.9 Å². The molecule has 0 aliphatic rings. The maximum absolute atomic E-state index is 12.9. The topological polar surface area (TPSA) is 71.3 Å². The van der Waals surface area contributed by atoms with E-state index in [0.29, 0.717) is 11.3 Å². The van der Waals surface area contributed by atoms with Gasteiger partial charge in [-0.15, -0.1) is 0 Å². The van der Waals surface area contributed by atoms with Gasteiger partial charge in [0.15, 0.2) is 12.4 Å². The van der Waals surface area contributed by atoms with Gasteiger partial charge in [0.1, 0.15) is 11.6 Å². The van der Waals surface area contributed by atoms with Crippen molar-refractivity contribution < 1.29 is 44.5 Å². The monoisotopic (exact) mass is 465 g/mol. The van der Waals surface area contributed by atoms with Crippen LogP contribution in [0.1, 0.15) is 15.9 Å². The van der Waals surface area contributed by atoms with Gasteiger partial charge in [0.05, 0.1) is 0 Å². The molecule has 3 rings (SSSR count). The van der Waals surface area contributed by atoms with E-state index in [4.69, 9.17) is 0 Å². The molecule has 168 valence electrons. The molecule has 0 spiro atoms. The minimum Gasteiger partial charge on any atom is -1.00 e. The van der Waals surface area contributed by atoms with Gasteiger partial charge in [0.2, 0.25) is 6.54 Å². The van der Waals surface area contributed by atoms with Crippen molar-refractivity contribution in [2.45, 2.75) is 19.7 Å². The van der Waals surface area contributed by atoms with Gasteiger partial charge in [-0.05, 0) is 54.6 Å². The molecular formula is C22H19ClF3N3O3. The summed E-state index contributed by atoms with van der Waals surface area (Å²) in [7, 11) is 0. The van der Waals surface area contributed by atoms with Crippen LogP contribution in [0, 0.1) is 5.82 Å². The van der Waals surface area contributed by atoms with Crippen LogP contribution in [0.5, 0.6) is 5.75 Å². The molecule has 1 aromatic heterocycles. The largest absolute Gasteiger partial charge is 1.00 e. The molecule has 2 amide bonds. The summed E-state index contributed by atoms with van der Waals surface area (Å²) in [5.41, 5.74) is 1.53. The second-order valence-corrected chi connectivity index (χ2v) is 6.53. The number of halogens is 4. The quantitative estimate of drug-likeness (QED) is 0.470. The number of nitrogens with one attached hydrogen (secondary N) is 2. The molecule has 0 aliphatic heterocycles. The van der Waals surface area contributed by atoms with Gasteiger partial charge < -0.3 is 27.8 Å². The van der Waals surface area contributed by atoms with Crippen molar-refractivity contribution >= 4 is 17.5 Å². The van der Waals surface area contributed by atoms with Gasteiger partial charge >= 0.3 is 6.61 Å². The first kappa shape index (κ1) is 24.7. The molecule has 0 bridgehead atoms. The van der Waals surface area contributed by atoms with Crippen LogP contribution < -0.4 is 32.3 Å². The van der Waals surface area contributed by atoms with Crippen molar-refractivity contribution in [3.8, 4) is 5.75 Å². The fraction of sp³-hybridized carbons (Fsp3) is 0.136. The van der Waals surface area contributed by atoms with E-state index >= 15 is 0 Å². The predicted molar refractivity (Wildman–Crippen MR) is 106 cm³/mol. The smallest absolute Gasteiger partial charge is 0.387 e. The molecule has 3 aromatic rings. The van der Waals surface area contributed by atoms with Crippen molar-refractivity contribution in [2.24, 2.45) is 0 Å². The van der Waals surface area contributed by atoms with Crippen LogP contribution in [0.2, 0.25) is 0 Å². The first-order valence-corrected chi connectivity index (χ1v) is 9.25. The number of amides is 2. The molecule has 0 radical (unpaired) electrons. The average molecular weight is 466 g/mol. The number of aromatic nitrogens is 1. The lowest BCUT2D eigenvalue weighted by Crippen LogP contribution is -3.00. The van der Waals surface area contributed by atoms with Crippen LogP contribution in [-0.4, -0.2) is 18.4 Å². The number of benzene rings is 2. The zero-order chi connectivity index (χ0) is 22.2. The van der Waals surface area contributed by atoms with E-state index in [2.05, 4.69) is 15.4 Å². The number of alkyl halides is 2. The Morgan fingerprint density at radius 3 is 2.34 bits per heavy atom. The van der Waals surface area contributed by atoms with Gasteiger partial charge in [-0.1, -0.05) is 0 Å². The average Bonchev–Trinajstić information content (AvgIpc) is 2.74. The third kappa shape index (κ3) is 7.59. The number of carbonyl (C=O) groups is 2. The highest BCUT2D eigenvalue weighted by atomic mass is 35.5. The van der Waals surface area contributed by atoms with E-state index in [9.17, 15) is 22.8 Å². The molecule has 2 N–H and O–H groups in total. The van der Waals surface area contributed by atoms with Crippen LogP contribution >= 0.6 is 0 Å². The molecule has 10 heteroatoms. The maximum atomic E-state index is 12.9. The number of hydrogen-bond acceptors (Lipinski definition) is 3.